The van der Waals surface area contributed by atoms with Crippen molar-refractivity contribution in [2.24, 2.45) is 5.41 Å². The van der Waals surface area contributed by atoms with Crippen LogP contribution in [0.3, 0.4) is 0 Å². The highest BCUT2D eigenvalue weighted by molar-refractivity contribution is 5.74. The second kappa shape index (κ2) is 4.75. The minimum Gasteiger partial charge on any atom is -0.481 e. The summed E-state index contributed by atoms with van der Waals surface area (Å²) in [6.07, 6.45) is 3.35. The Bertz CT molecular complexity index is 200. The lowest BCUT2D eigenvalue weighted by molar-refractivity contribution is -0.155. The van der Waals surface area contributed by atoms with Gasteiger partial charge in [-0.15, -0.1) is 0 Å². The summed E-state index contributed by atoms with van der Waals surface area (Å²) in [5, 5.41) is 18.1. The fourth-order valence-corrected chi connectivity index (χ4v) is 2.25. The summed E-state index contributed by atoms with van der Waals surface area (Å²) in [4.78, 5) is 11.2. The van der Waals surface area contributed by atoms with Crippen LogP contribution in [0.2, 0.25) is 0 Å². The van der Waals surface area contributed by atoms with Crippen LogP contribution in [0.1, 0.15) is 32.1 Å². The van der Waals surface area contributed by atoms with Crippen molar-refractivity contribution in [2.75, 3.05) is 13.7 Å². The quantitative estimate of drug-likeness (QED) is 0.714. The van der Waals surface area contributed by atoms with Crippen LogP contribution in [0.4, 0.5) is 0 Å². The summed E-state index contributed by atoms with van der Waals surface area (Å²) in [5.74, 6) is -0.798. The number of aliphatic hydroxyl groups excluding tert-OH is 1. The Balaban J connectivity index is 2.70. The third-order valence-corrected chi connectivity index (χ3v) is 3.18. The Kier molecular flexibility index (Phi) is 3.89. The molecule has 1 aliphatic rings. The minimum atomic E-state index is -0.798. The molecular formula is C10H18O4. The summed E-state index contributed by atoms with van der Waals surface area (Å²) in [6, 6.07) is 0. The summed E-state index contributed by atoms with van der Waals surface area (Å²) in [5.41, 5.74) is -0.756. The Morgan fingerprint density at radius 1 is 1.64 bits per heavy atom. The third-order valence-electron chi connectivity index (χ3n) is 3.18. The summed E-state index contributed by atoms with van der Waals surface area (Å²) < 4.78 is 5.20. The first kappa shape index (κ1) is 11.5. The predicted molar refractivity (Wildman–Crippen MR) is 51.0 cm³/mol. The summed E-state index contributed by atoms with van der Waals surface area (Å²) in [7, 11) is 1.61. The van der Waals surface area contributed by atoms with Crippen LogP contribution in [-0.2, 0) is 9.53 Å². The van der Waals surface area contributed by atoms with E-state index in [1.807, 2.05) is 0 Å². The van der Waals surface area contributed by atoms with Gasteiger partial charge in [0.1, 0.15) is 0 Å². The highest BCUT2D eigenvalue weighted by Gasteiger charge is 2.42. The maximum atomic E-state index is 11.2. The zero-order valence-electron chi connectivity index (χ0n) is 8.53. The Morgan fingerprint density at radius 3 is 2.86 bits per heavy atom. The lowest BCUT2D eigenvalue weighted by Gasteiger charge is -2.36. The highest BCUT2D eigenvalue weighted by Crippen LogP contribution is 2.40. The van der Waals surface area contributed by atoms with Crippen molar-refractivity contribution in [3.63, 3.8) is 0 Å². The minimum absolute atomic E-state index is 0.0337. The molecule has 0 radical (unpaired) electrons. The van der Waals surface area contributed by atoms with Crippen LogP contribution < -0.4 is 0 Å². The second-order valence-corrected chi connectivity index (χ2v) is 4.01. The van der Waals surface area contributed by atoms with Crippen LogP contribution in [0.25, 0.3) is 0 Å². The first-order chi connectivity index (χ1) is 6.64. The number of aliphatic carboxylic acids is 1. The van der Waals surface area contributed by atoms with Crippen LogP contribution in [0.15, 0.2) is 0 Å². The van der Waals surface area contributed by atoms with E-state index in [1.54, 1.807) is 7.11 Å². The molecule has 1 fully saturated rings. The number of carboxylic acids is 1. The zero-order chi connectivity index (χ0) is 10.6. The molecule has 0 amide bonds. The largest absolute Gasteiger partial charge is 0.481 e. The van der Waals surface area contributed by atoms with Gasteiger partial charge in [0, 0.05) is 13.7 Å². The van der Waals surface area contributed by atoms with Crippen LogP contribution in [-0.4, -0.2) is 36.0 Å². The Morgan fingerprint density at radius 2 is 2.36 bits per heavy atom. The smallest absolute Gasteiger partial charge is 0.309 e. The van der Waals surface area contributed by atoms with E-state index in [2.05, 4.69) is 0 Å². The van der Waals surface area contributed by atoms with Gasteiger partial charge < -0.3 is 14.9 Å². The van der Waals surface area contributed by atoms with Crippen molar-refractivity contribution in [3.05, 3.63) is 0 Å². The van der Waals surface area contributed by atoms with E-state index in [0.717, 1.165) is 12.8 Å². The van der Waals surface area contributed by atoms with Crippen molar-refractivity contribution in [1.82, 2.24) is 0 Å². The highest BCUT2D eigenvalue weighted by atomic mass is 16.5. The molecule has 4 heteroatoms. The molecule has 0 aromatic rings. The number of aliphatic hydroxyl groups is 1. The maximum Gasteiger partial charge on any atom is 0.309 e. The first-order valence-electron chi connectivity index (χ1n) is 5.02. The standard InChI is InChI=1S/C10H18O4/c1-14-8-3-2-4-10(7-8,5-6-11)9(12)13/h8,11H,2-7H2,1H3,(H,12,13). The van der Waals surface area contributed by atoms with Crippen molar-refractivity contribution in [3.8, 4) is 0 Å². The van der Waals surface area contributed by atoms with E-state index in [9.17, 15) is 4.79 Å². The average Bonchev–Trinajstić information content (AvgIpc) is 2.18. The topological polar surface area (TPSA) is 66.8 Å². The molecule has 0 aromatic heterocycles. The van der Waals surface area contributed by atoms with Crippen LogP contribution in [0, 0.1) is 5.41 Å². The third kappa shape index (κ3) is 2.25. The van der Waals surface area contributed by atoms with Crippen LogP contribution >= 0.6 is 0 Å². The van der Waals surface area contributed by atoms with Gasteiger partial charge in [0.25, 0.3) is 0 Å². The molecule has 14 heavy (non-hydrogen) atoms. The zero-order valence-corrected chi connectivity index (χ0v) is 8.53. The molecule has 2 atom stereocenters. The molecule has 0 saturated heterocycles. The molecule has 0 bridgehead atoms. The van der Waals surface area contributed by atoms with Gasteiger partial charge in [0.05, 0.1) is 11.5 Å². The van der Waals surface area contributed by atoms with Crippen LogP contribution in [0.5, 0.6) is 0 Å². The molecule has 0 aliphatic heterocycles. The number of carboxylic acid groups (broad SMARTS) is 1. The molecule has 1 saturated carbocycles. The molecule has 0 heterocycles. The lowest BCUT2D eigenvalue weighted by atomic mass is 9.71. The second-order valence-electron chi connectivity index (χ2n) is 4.01. The predicted octanol–water partition coefficient (Wildman–Crippen LogP) is 1.03. The number of hydrogen-bond acceptors (Lipinski definition) is 3. The molecule has 0 spiro atoms. The van der Waals surface area contributed by atoms with E-state index in [-0.39, 0.29) is 12.7 Å². The average molecular weight is 202 g/mol. The first-order valence-corrected chi connectivity index (χ1v) is 5.02. The van der Waals surface area contributed by atoms with Crippen molar-refractivity contribution < 1.29 is 19.7 Å². The van der Waals surface area contributed by atoms with Crippen molar-refractivity contribution >= 4 is 5.97 Å². The van der Waals surface area contributed by atoms with E-state index < -0.39 is 11.4 Å². The van der Waals surface area contributed by atoms with Gasteiger partial charge >= 0.3 is 5.97 Å². The molecule has 4 nitrogen and oxygen atoms in total. The molecule has 2 unspecified atom stereocenters. The summed E-state index contributed by atoms with van der Waals surface area (Å²) >= 11 is 0. The van der Waals surface area contributed by atoms with Crippen molar-refractivity contribution in [1.29, 1.82) is 0 Å². The molecule has 1 rings (SSSR count). The fraction of sp³-hybridized carbons (Fsp3) is 0.900. The normalized spacial score (nSPS) is 32.9. The Hall–Kier alpha value is -0.610. The van der Waals surface area contributed by atoms with Gasteiger partial charge in [-0.2, -0.15) is 0 Å². The van der Waals surface area contributed by atoms with E-state index in [1.165, 1.54) is 0 Å². The van der Waals surface area contributed by atoms with Gasteiger partial charge in [-0.25, -0.2) is 0 Å². The number of methoxy groups -OCH3 is 1. The van der Waals surface area contributed by atoms with Gasteiger partial charge in [-0.05, 0) is 32.1 Å². The summed E-state index contributed by atoms with van der Waals surface area (Å²) in [6.45, 7) is -0.0667. The molecule has 82 valence electrons. The number of carbonyl (C=O) groups is 1. The number of hydrogen-bond donors (Lipinski definition) is 2. The number of rotatable bonds is 4. The van der Waals surface area contributed by atoms with E-state index in [4.69, 9.17) is 14.9 Å². The SMILES string of the molecule is COC1CCCC(CCO)(C(=O)O)C1. The van der Waals surface area contributed by atoms with E-state index >= 15 is 0 Å². The molecule has 0 aromatic carbocycles. The maximum absolute atomic E-state index is 11.2. The van der Waals surface area contributed by atoms with Gasteiger partial charge in [-0.1, -0.05) is 0 Å². The molecule has 1 aliphatic carbocycles. The number of ether oxygens (including phenoxy) is 1. The van der Waals surface area contributed by atoms with E-state index in [0.29, 0.717) is 19.3 Å². The lowest BCUT2D eigenvalue weighted by Crippen LogP contribution is -2.39. The molecular weight excluding hydrogens is 184 g/mol. The van der Waals surface area contributed by atoms with Gasteiger partial charge in [0.2, 0.25) is 0 Å². The Labute approximate surface area is 83.9 Å². The van der Waals surface area contributed by atoms with Gasteiger partial charge in [0.15, 0.2) is 0 Å². The molecule has 2 N–H and O–H groups in total. The fourth-order valence-electron chi connectivity index (χ4n) is 2.25. The van der Waals surface area contributed by atoms with Crippen molar-refractivity contribution in [2.45, 2.75) is 38.2 Å². The monoisotopic (exact) mass is 202 g/mol. The van der Waals surface area contributed by atoms with Gasteiger partial charge in [-0.3, -0.25) is 4.79 Å².